The summed E-state index contributed by atoms with van der Waals surface area (Å²) in [5.41, 5.74) is 6.84. The van der Waals surface area contributed by atoms with Crippen LogP contribution in [0.4, 0.5) is 5.69 Å². The summed E-state index contributed by atoms with van der Waals surface area (Å²) in [6.07, 6.45) is 9.40. The molecule has 1 aliphatic carbocycles. The van der Waals surface area contributed by atoms with Crippen LogP contribution in [0.3, 0.4) is 0 Å². The molecule has 0 fully saturated rings. The molecule has 38 heavy (non-hydrogen) atoms. The van der Waals surface area contributed by atoms with Crippen LogP contribution in [0, 0.1) is 0 Å². The second-order valence-electron chi connectivity index (χ2n) is 10.5. The van der Waals surface area contributed by atoms with E-state index >= 15 is 0 Å². The molecular formula is C31H31NO5P+. The molecule has 2 aliphatic heterocycles. The Balaban J connectivity index is 1.39. The molecular weight excluding hydrogens is 497 g/mol. The lowest BCUT2D eigenvalue weighted by Crippen LogP contribution is -2.28. The maximum atomic E-state index is 11.3. The number of phosphoric ester groups is 1. The van der Waals surface area contributed by atoms with Crippen LogP contribution in [0.25, 0.3) is 16.8 Å². The van der Waals surface area contributed by atoms with Gasteiger partial charge < -0.3 is 9.26 Å². The van der Waals surface area contributed by atoms with Gasteiger partial charge in [0.05, 0.1) is 5.41 Å². The summed E-state index contributed by atoms with van der Waals surface area (Å²) in [4.78, 5) is 18.4. The molecule has 0 bridgehead atoms. The molecule has 2 heterocycles. The van der Waals surface area contributed by atoms with Gasteiger partial charge in [-0.2, -0.15) is 4.58 Å². The summed E-state index contributed by atoms with van der Waals surface area (Å²) in [7, 11) is -4.65. The molecule has 194 valence electrons. The van der Waals surface area contributed by atoms with E-state index in [9.17, 15) is 14.4 Å². The van der Waals surface area contributed by atoms with Crippen molar-refractivity contribution in [3.63, 3.8) is 0 Å². The van der Waals surface area contributed by atoms with Crippen molar-refractivity contribution < 1.29 is 28.2 Å². The largest absolute Gasteiger partial charge is 0.524 e. The Morgan fingerprint density at radius 3 is 2.68 bits per heavy atom. The molecule has 3 aromatic carbocycles. The third-order valence-corrected chi connectivity index (χ3v) is 8.19. The van der Waals surface area contributed by atoms with Gasteiger partial charge >= 0.3 is 7.82 Å². The Kier molecular flexibility index (Phi) is 5.95. The van der Waals surface area contributed by atoms with Crippen molar-refractivity contribution in [1.82, 2.24) is 0 Å². The Hall–Kier alpha value is -3.44. The van der Waals surface area contributed by atoms with Gasteiger partial charge in [0.2, 0.25) is 5.69 Å². The number of nitrogens with zero attached hydrogens (tertiary/aromatic N) is 1. The zero-order chi connectivity index (χ0) is 26.7. The Morgan fingerprint density at radius 1 is 1.08 bits per heavy atom. The van der Waals surface area contributed by atoms with E-state index in [1.54, 1.807) is 18.2 Å². The van der Waals surface area contributed by atoms with Crippen molar-refractivity contribution in [2.24, 2.45) is 0 Å². The van der Waals surface area contributed by atoms with Crippen LogP contribution in [0.2, 0.25) is 0 Å². The number of phosphoric acid groups is 1. The van der Waals surface area contributed by atoms with Gasteiger partial charge in [0, 0.05) is 29.3 Å². The van der Waals surface area contributed by atoms with E-state index in [0.29, 0.717) is 5.75 Å². The molecule has 0 atom stereocenters. The van der Waals surface area contributed by atoms with Crippen LogP contribution in [-0.2, 0) is 9.98 Å². The lowest BCUT2D eigenvalue weighted by Gasteiger charge is -2.27. The first kappa shape index (κ1) is 24.9. The van der Waals surface area contributed by atoms with Gasteiger partial charge in [0.25, 0.3) is 0 Å². The van der Waals surface area contributed by atoms with Crippen molar-refractivity contribution in [1.29, 1.82) is 0 Å². The Bertz CT molecular complexity index is 1650. The normalized spacial score (nSPS) is 18.3. The van der Waals surface area contributed by atoms with E-state index in [1.165, 1.54) is 27.7 Å². The molecule has 6 nitrogen and oxygen atoms in total. The molecule has 6 rings (SSSR count). The smallest absolute Gasteiger partial charge is 0.456 e. The van der Waals surface area contributed by atoms with Crippen LogP contribution in [0.5, 0.6) is 11.5 Å². The summed E-state index contributed by atoms with van der Waals surface area (Å²) < 4.78 is 24.8. The number of hydrogen-bond acceptors (Lipinski definition) is 3. The van der Waals surface area contributed by atoms with Crippen molar-refractivity contribution in [2.75, 3.05) is 6.54 Å². The zero-order valence-corrected chi connectivity index (χ0v) is 22.7. The van der Waals surface area contributed by atoms with Crippen LogP contribution in [-0.4, -0.2) is 26.6 Å². The minimum Gasteiger partial charge on any atom is -0.456 e. The fourth-order valence-electron chi connectivity index (χ4n) is 6.10. The van der Waals surface area contributed by atoms with Gasteiger partial charge in [0.15, 0.2) is 5.71 Å². The van der Waals surface area contributed by atoms with E-state index in [2.05, 4.69) is 80.0 Å². The first-order valence-electron chi connectivity index (χ1n) is 13.0. The SMILES string of the molecule is CC[N+]1=C(/C=C/C2=C3Oc4cc(OP(=O)(O)O)ccc4C=C3CCC2)C(C)(C)c2c1ccc1ccccc21. The average molecular weight is 529 g/mol. The van der Waals surface area contributed by atoms with Gasteiger partial charge in [-0.3, -0.25) is 9.79 Å². The summed E-state index contributed by atoms with van der Waals surface area (Å²) in [5.74, 6) is 1.44. The molecule has 3 aliphatic rings. The minimum absolute atomic E-state index is 0.0780. The summed E-state index contributed by atoms with van der Waals surface area (Å²) in [6, 6.07) is 17.9. The summed E-state index contributed by atoms with van der Waals surface area (Å²) >= 11 is 0. The van der Waals surface area contributed by atoms with E-state index in [-0.39, 0.29) is 11.2 Å². The number of hydrogen-bond donors (Lipinski definition) is 2. The van der Waals surface area contributed by atoms with Gasteiger partial charge in [-0.25, -0.2) is 4.57 Å². The molecule has 2 N–H and O–H groups in total. The Labute approximate surface area is 222 Å². The second kappa shape index (κ2) is 9.09. The number of allylic oxidation sites excluding steroid dienone is 4. The molecule has 0 aromatic heterocycles. The number of benzene rings is 3. The van der Waals surface area contributed by atoms with Gasteiger partial charge in [-0.1, -0.05) is 24.3 Å². The molecule has 0 amide bonds. The van der Waals surface area contributed by atoms with Crippen LogP contribution >= 0.6 is 7.82 Å². The van der Waals surface area contributed by atoms with E-state index in [4.69, 9.17) is 9.26 Å². The zero-order valence-electron chi connectivity index (χ0n) is 21.8. The standard InChI is InChI=1S/C31H30NO5P/c1-4-32-26-16-13-20-8-5-6-11-25(20)29(26)31(2,3)28(32)17-14-21-9-7-10-23-18-22-12-15-24(37-38(33,34)35)19-27(22)36-30(21)23/h5-6,8,11-19H,4,7,9-10H2,1-3H3,(H-,33,34,35)/p+1/b17-14+. The maximum absolute atomic E-state index is 11.3. The molecule has 0 radical (unpaired) electrons. The van der Waals surface area contributed by atoms with Gasteiger partial charge in [-0.05, 0) is 92.3 Å². The third kappa shape index (κ3) is 4.23. The van der Waals surface area contributed by atoms with E-state index in [0.717, 1.165) is 48.3 Å². The highest BCUT2D eigenvalue weighted by Crippen LogP contribution is 2.46. The quantitative estimate of drug-likeness (QED) is 0.271. The third-order valence-electron chi connectivity index (χ3n) is 7.74. The summed E-state index contributed by atoms with van der Waals surface area (Å²) in [6.45, 7) is 7.66. The van der Waals surface area contributed by atoms with Gasteiger partial charge in [-0.15, -0.1) is 0 Å². The molecule has 0 spiro atoms. The Morgan fingerprint density at radius 2 is 1.89 bits per heavy atom. The van der Waals surface area contributed by atoms with Crippen LogP contribution in [0.15, 0.2) is 83.7 Å². The topological polar surface area (TPSA) is 79.0 Å². The fourth-order valence-corrected chi connectivity index (χ4v) is 6.49. The highest BCUT2D eigenvalue weighted by Gasteiger charge is 2.45. The number of fused-ring (bicyclic) bond motifs is 5. The predicted octanol–water partition coefficient (Wildman–Crippen LogP) is 7.18. The van der Waals surface area contributed by atoms with Gasteiger partial charge in [0.1, 0.15) is 23.8 Å². The van der Waals surface area contributed by atoms with Crippen molar-refractivity contribution in [3.05, 3.63) is 94.8 Å². The average Bonchev–Trinajstić information content (AvgIpc) is 3.11. The second-order valence-corrected chi connectivity index (χ2v) is 11.7. The minimum atomic E-state index is -4.65. The number of ether oxygens (including phenoxy) is 1. The van der Waals surface area contributed by atoms with Crippen LogP contribution in [0.1, 0.15) is 51.2 Å². The predicted molar refractivity (Wildman–Crippen MR) is 150 cm³/mol. The van der Waals surface area contributed by atoms with Crippen molar-refractivity contribution in [3.8, 4) is 11.5 Å². The molecule has 0 saturated heterocycles. The number of rotatable bonds is 5. The van der Waals surface area contributed by atoms with Crippen molar-refractivity contribution in [2.45, 2.75) is 45.4 Å². The van der Waals surface area contributed by atoms with E-state index < -0.39 is 7.82 Å². The molecule has 0 saturated carbocycles. The first-order chi connectivity index (χ1) is 18.2. The van der Waals surface area contributed by atoms with Crippen LogP contribution < -0.4 is 9.26 Å². The molecule has 7 heteroatoms. The lowest BCUT2D eigenvalue weighted by molar-refractivity contribution is -0.433. The fraction of sp³-hybridized carbons (Fsp3) is 0.258. The van der Waals surface area contributed by atoms with Crippen molar-refractivity contribution >= 4 is 36.1 Å². The molecule has 3 aromatic rings. The highest BCUT2D eigenvalue weighted by atomic mass is 31.2. The molecule has 0 unspecified atom stereocenters. The van der Waals surface area contributed by atoms with E-state index in [1.807, 2.05) is 0 Å². The summed E-state index contributed by atoms with van der Waals surface area (Å²) in [5, 5.41) is 2.55. The monoisotopic (exact) mass is 528 g/mol. The lowest BCUT2D eigenvalue weighted by atomic mass is 9.78. The first-order valence-corrected chi connectivity index (χ1v) is 14.5. The highest BCUT2D eigenvalue weighted by molar-refractivity contribution is 7.46. The maximum Gasteiger partial charge on any atom is 0.524 e.